The molecule has 0 spiro atoms. The number of aliphatic hydroxyl groups excluding tert-OH is 2. The molecule has 0 aromatic rings. The SMILES string of the molecule is [2H]N=C(O)[C@@H](OP(=O)(O)O)[C@@H](OP(=O)(O)O)[C@@H](CO)OP(=O)(O)O. The maximum Gasteiger partial charge on any atom is 0.470 e. The quantitative estimate of drug-likeness (QED) is 0.107. The van der Waals surface area contributed by atoms with E-state index in [4.69, 9.17) is 35.9 Å². The first-order valence-corrected chi connectivity index (χ1v) is 9.72. The molecule has 0 aromatic heterocycles. The van der Waals surface area contributed by atoms with Crippen LogP contribution >= 0.6 is 23.5 Å². The smallest absolute Gasteiger partial charge is 0.470 e. The molecule has 23 heavy (non-hydrogen) atoms. The Morgan fingerprint density at radius 1 is 0.957 bits per heavy atom. The van der Waals surface area contributed by atoms with E-state index in [2.05, 4.69) is 19.0 Å². The molecular weight excluding hydrogens is 391 g/mol. The van der Waals surface area contributed by atoms with Gasteiger partial charge in [-0.1, -0.05) is 0 Å². The minimum absolute atomic E-state index is 1.41. The van der Waals surface area contributed by atoms with Gasteiger partial charge in [0, 0.05) is 0 Å². The molecule has 138 valence electrons. The van der Waals surface area contributed by atoms with E-state index < -0.39 is 54.3 Å². The number of rotatable bonds is 10. The fourth-order valence-corrected chi connectivity index (χ4v) is 2.87. The molecule has 0 aromatic carbocycles. The third-order valence-electron chi connectivity index (χ3n) is 1.88. The molecule has 0 radical (unpaired) electrons. The summed E-state index contributed by atoms with van der Waals surface area (Å²) in [6.07, 6.45) is -7.59. The highest BCUT2D eigenvalue weighted by Gasteiger charge is 2.44. The average Bonchev–Trinajstić information content (AvgIpc) is 2.36. The highest BCUT2D eigenvalue weighted by molar-refractivity contribution is 7.47. The highest BCUT2D eigenvalue weighted by Crippen LogP contribution is 2.46. The van der Waals surface area contributed by atoms with Crippen molar-refractivity contribution in [3.8, 4) is 0 Å². The van der Waals surface area contributed by atoms with Crippen molar-refractivity contribution in [1.29, 1.82) is 5.40 Å². The Kier molecular flexibility index (Phi) is 7.44. The summed E-state index contributed by atoms with van der Waals surface area (Å²) in [5.41, 5.74) is 0. The molecule has 0 saturated heterocycles. The van der Waals surface area contributed by atoms with Crippen molar-refractivity contribution < 1.29 is 68.3 Å². The van der Waals surface area contributed by atoms with E-state index >= 15 is 0 Å². The van der Waals surface area contributed by atoms with Gasteiger partial charge in [-0.2, -0.15) is 0 Å². The number of nitrogens with one attached hydrogen (secondary N) is 1. The monoisotopic (exact) mass is 406 g/mol. The van der Waals surface area contributed by atoms with Gasteiger partial charge in [0.15, 0.2) is 7.52 Å². The lowest BCUT2D eigenvalue weighted by atomic mass is 10.1. The molecule has 0 fully saturated rings. The van der Waals surface area contributed by atoms with Crippen molar-refractivity contribution >= 4 is 29.4 Å². The number of phosphoric acid groups is 3. The van der Waals surface area contributed by atoms with Crippen LogP contribution in [0, 0.1) is 5.40 Å². The second-order valence-electron chi connectivity index (χ2n) is 3.75. The number of aliphatic hydroxyl groups is 2. The van der Waals surface area contributed by atoms with E-state index in [-0.39, 0.29) is 0 Å². The minimum Gasteiger partial charge on any atom is -0.495 e. The standard InChI is InChI=1S/C5H14NO14P3/c6-5(8)4(20-23(15,16)17)3(19-22(12,13)14)2(1-7)18-21(9,10)11/h2-4,7H,1H2,(H2,6,8)(H2,9,10,11)(H2,12,13,14)(H2,15,16,17)/t2-,3+,4+/m1/s1/i/hD. The van der Waals surface area contributed by atoms with E-state index in [0.717, 1.165) is 0 Å². The Hall–Kier alpha value is -0.240. The van der Waals surface area contributed by atoms with Crippen LogP contribution in [0.3, 0.4) is 0 Å². The van der Waals surface area contributed by atoms with Crippen molar-refractivity contribution in [2.75, 3.05) is 6.61 Å². The summed E-state index contributed by atoms with van der Waals surface area (Å²) < 4.78 is 51.1. The second-order valence-corrected chi connectivity index (χ2v) is 7.33. The third kappa shape index (κ3) is 10.3. The molecule has 0 unspecified atom stereocenters. The summed E-state index contributed by atoms with van der Waals surface area (Å²) in [4.78, 5) is 52.3. The number of hydrogen-bond acceptors (Lipinski definition) is 8. The van der Waals surface area contributed by atoms with Gasteiger partial charge in [-0.3, -0.25) is 19.0 Å². The molecule has 0 bridgehead atoms. The first kappa shape index (κ1) is 20.8. The molecule has 0 aliphatic carbocycles. The Balaban J connectivity index is 5.96. The number of hydrogen-bond donors (Lipinski definition) is 9. The zero-order valence-corrected chi connectivity index (χ0v) is 13.4. The average molecular weight is 406 g/mol. The molecule has 0 aliphatic heterocycles. The van der Waals surface area contributed by atoms with Crippen molar-refractivity contribution in [3.05, 3.63) is 0 Å². The Morgan fingerprint density at radius 2 is 1.39 bits per heavy atom. The van der Waals surface area contributed by atoms with Gasteiger partial charge in [0.1, 0.15) is 12.2 Å². The van der Waals surface area contributed by atoms with E-state index in [9.17, 15) is 18.8 Å². The van der Waals surface area contributed by atoms with Crippen LogP contribution in [0.1, 0.15) is 0 Å². The van der Waals surface area contributed by atoms with Gasteiger partial charge in [0.05, 0.1) is 6.61 Å². The molecule has 0 heterocycles. The summed E-state index contributed by atoms with van der Waals surface area (Å²) >= 11 is 0. The minimum atomic E-state index is -5.53. The lowest BCUT2D eigenvalue weighted by Crippen LogP contribution is -2.47. The summed E-state index contributed by atoms with van der Waals surface area (Å²) in [6.45, 7) is -1.41. The predicted molar refractivity (Wildman–Crippen MR) is 68.2 cm³/mol. The van der Waals surface area contributed by atoms with E-state index in [1.165, 1.54) is 0 Å². The van der Waals surface area contributed by atoms with Crippen LogP contribution in [0.5, 0.6) is 0 Å². The molecule has 9 N–H and O–H groups in total. The molecule has 0 rings (SSSR count). The lowest BCUT2D eigenvalue weighted by molar-refractivity contribution is -0.0531. The van der Waals surface area contributed by atoms with Gasteiger partial charge in [-0.15, -0.1) is 0 Å². The van der Waals surface area contributed by atoms with E-state index in [1.54, 1.807) is 0 Å². The maximum absolute atomic E-state index is 10.9. The summed E-state index contributed by atoms with van der Waals surface area (Å²) in [7, 11) is -16.4. The van der Waals surface area contributed by atoms with Crippen LogP contribution in [0.25, 0.3) is 0 Å². The molecule has 0 amide bonds. The highest BCUT2D eigenvalue weighted by atomic mass is 31.2. The van der Waals surface area contributed by atoms with Crippen molar-refractivity contribution in [2.24, 2.45) is 0 Å². The van der Waals surface area contributed by atoms with Crippen LogP contribution in [-0.2, 0) is 27.3 Å². The third-order valence-corrected chi connectivity index (χ3v) is 3.45. The predicted octanol–water partition coefficient (Wildman–Crippen LogP) is -2.05. The van der Waals surface area contributed by atoms with E-state index in [0.29, 0.717) is 0 Å². The zero-order chi connectivity index (χ0) is 19.3. The first-order chi connectivity index (χ1) is 10.6. The van der Waals surface area contributed by atoms with Gasteiger partial charge in [0.25, 0.3) is 0 Å². The molecule has 18 heteroatoms. The van der Waals surface area contributed by atoms with Crippen LogP contribution in [0.4, 0.5) is 0 Å². The summed E-state index contributed by atoms with van der Waals surface area (Å²) in [5, 5.41) is 20.7. The van der Waals surface area contributed by atoms with Gasteiger partial charge in [-0.05, 0) is 0 Å². The van der Waals surface area contributed by atoms with Gasteiger partial charge in [0.2, 0.25) is 5.90 Å². The normalized spacial score (nSPS) is 19.1. The van der Waals surface area contributed by atoms with Crippen LogP contribution in [-0.4, -0.2) is 70.4 Å². The Bertz CT molecular complexity index is 577. The van der Waals surface area contributed by atoms with Crippen LogP contribution in [0.2, 0.25) is 1.41 Å². The van der Waals surface area contributed by atoms with Crippen molar-refractivity contribution in [3.63, 3.8) is 0 Å². The maximum atomic E-state index is 10.9. The molecule has 0 aliphatic rings. The molecule has 3 atom stereocenters. The summed E-state index contributed by atoms with van der Waals surface area (Å²) in [5.74, 6) is -1.61. The fourth-order valence-electron chi connectivity index (χ4n) is 1.25. The Labute approximate surface area is 129 Å². The summed E-state index contributed by atoms with van der Waals surface area (Å²) in [6, 6.07) is 0. The lowest BCUT2D eigenvalue weighted by Gasteiger charge is -2.30. The number of phosphoric ester groups is 3. The topological polar surface area (TPSA) is 265 Å². The largest absolute Gasteiger partial charge is 0.495 e. The van der Waals surface area contributed by atoms with Crippen LogP contribution < -0.4 is 0 Å². The molecule has 0 saturated carbocycles. The molecule has 15 nitrogen and oxygen atoms in total. The van der Waals surface area contributed by atoms with Crippen molar-refractivity contribution in [2.45, 2.75) is 18.3 Å². The van der Waals surface area contributed by atoms with Gasteiger partial charge in [-0.25, -0.2) is 13.7 Å². The fraction of sp³-hybridized carbons (Fsp3) is 0.800. The molecular formula is C5H14NO14P3. The van der Waals surface area contributed by atoms with Crippen LogP contribution in [0.15, 0.2) is 0 Å². The first-order valence-electron chi connectivity index (χ1n) is 5.58. The van der Waals surface area contributed by atoms with Gasteiger partial charge >= 0.3 is 23.5 Å². The Morgan fingerprint density at radius 3 is 1.70 bits per heavy atom. The zero-order valence-electron chi connectivity index (χ0n) is 11.8. The van der Waals surface area contributed by atoms with Gasteiger partial charge < -0.3 is 39.6 Å². The second kappa shape index (κ2) is 8.23. The van der Waals surface area contributed by atoms with Crippen molar-refractivity contribution in [1.82, 2.24) is 0 Å². The van der Waals surface area contributed by atoms with E-state index in [1.807, 2.05) is 0 Å².